The molecule has 1 aromatic carbocycles. The molecule has 0 spiro atoms. The van der Waals surface area contributed by atoms with E-state index in [0.717, 1.165) is 6.21 Å². The van der Waals surface area contributed by atoms with Crippen molar-refractivity contribution < 1.29 is 13.2 Å². The molecule has 0 saturated carbocycles. The Bertz CT molecular complexity index is 1090. The van der Waals surface area contributed by atoms with E-state index in [1.54, 1.807) is 53.7 Å². The summed E-state index contributed by atoms with van der Waals surface area (Å²) in [5.74, 6) is -0.679. The Morgan fingerprint density at radius 1 is 1.16 bits per heavy atom. The van der Waals surface area contributed by atoms with Crippen LogP contribution in [0.3, 0.4) is 0 Å². The minimum Gasteiger partial charge on any atom is -0.366 e. The monoisotopic (exact) mass is 481 g/mol. The van der Waals surface area contributed by atoms with Crippen LogP contribution in [0.4, 0.5) is 5.69 Å². The molecule has 0 aliphatic carbocycles. The number of amides is 1. The molecule has 1 aliphatic heterocycles. The van der Waals surface area contributed by atoms with Gasteiger partial charge in [0, 0.05) is 55.5 Å². The van der Waals surface area contributed by atoms with E-state index in [0.29, 0.717) is 29.4 Å². The molecule has 1 aromatic heterocycles. The van der Waals surface area contributed by atoms with E-state index in [2.05, 4.69) is 10.3 Å². The first-order valence-corrected chi connectivity index (χ1v) is 11.8. The lowest BCUT2D eigenvalue weighted by Crippen LogP contribution is -2.49. The minimum atomic E-state index is -3.49. The van der Waals surface area contributed by atoms with Gasteiger partial charge >= 0.3 is 0 Å². The molecule has 2 N–H and O–H groups in total. The molecule has 1 aliphatic rings. The standard InChI is InChI=1S/C20H21Cl2N5O3S/c21-16-2-1-3-17(12-16)25-20(28)19(22)18(13-23)26-8-10-27(11-9-26)31(29,30)14-15-4-6-24-7-5-15/h1-7,12-13,23H,8-11,14H2,(H,25,28)/b19-18-,23-13?. The zero-order chi connectivity index (χ0) is 22.4. The van der Waals surface area contributed by atoms with Crippen LogP contribution in [-0.2, 0) is 20.6 Å². The van der Waals surface area contributed by atoms with Gasteiger partial charge in [-0.25, -0.2) is 8.42 Å². The van der Waals surface area contributed by atoms with Crippen LogP contribution < -0.4 is 5.32 Å². The number of piperazine rings is 1. The maximum atomic E-state index is 12.7. The van der Waals surface area contributed by atoms with Crippen molar-refractivity contribution in [3.8, 4) is 0 Å². The molecule has 1 amide bonds. The number of hydrogen-bond acceptors (Lipinski definition) is 6. The number of sulfonamides is 1. The van der Waals surface area contributed by atoms with Gasteiger partial charge in [-0.05, 0) is 35.9 Å². The SMILES string of the molecule is N=C/C(=C(/Cl)C(=O)Nc1cccc(Cl)c1)N1CCN(S(=O)(=O)Cc2ccncc2)CC1. The highest BCUT2D eigenvalue weighted by atomic mass is 35.5. The van der Waals surface area contributed by atoms with Crippen molar-refractivity contribution in [1.29, 1.82) is 5.41 Å². The van der Waals surface area contributed by atoms with Gasteiger partial charge < -0.3 is 15.6 Å². The van der Waals surface area contributed by atoms with Crippen LogP contribution in [0, 0.1) is 5.41 Å². The average Bonchev–Trinajstić information content (AvgIpc) is 2.75. The lowest BCUT2D eigenvalue weighted by molar-refractivity contribution is -0.112. The van der Waals surface area contributed by atoms with Gasteiger partial charge in [-0.1, -0.05) is 29.3 Å². The number of carbonyl (C=O) groups excluding carboxylic acids is 1. The Kier molecular flexibility index (Phi) is 7.66. The van der Waals surface area contributed by atoms with Crippen LogP contribution in [-0.4, -0.2) is 60.9 Å². The van der Waals surface area contributed by atoms with Gasteiger partial charge in [0.15, 0.2) is 0 Å². The van der Waals surface area contributed by atoms with Crippen LogP contribution in [0.5, 0.6) is 0 Å². The lowest BCUT2D eigenvalue weighted by Gasteiger charge is -2.35. The molecule has 2 aromatic rings. The Balaban J connectivity index is 1.66. The molecule has 0 bridgehead atoms. The maximum absolute atomic E-state index is 12.7. The van der Waals surface area contributed by atoms with Gasteiger partial charge in [0.1, 0.15) is 5.03 Å². The third kappa shape index (κ3) is 6.04. The first kappa shape index (κ1) is 23.2. The summed E-state index contributed by atoms with van der Waals surface area (Å²) < 4.78 is 26.8. The average molecular weight is 482 g/mol. The van der Waals surface area contributed by atoms with Gasteiger partial charge in [0.25, 0.3) is 5.91 Å². The highest BCUT2D eigenvalue weighted by Gasteiger charge is 2.29. The van der Waals surface area contributed by atoms with E-state index < -0.39 is 15.9 Å². The highest BCUT2D eigenvalue weighted by molar-refractivity contribution is 7.88. The van der Waals surface area contributed by atoms with E-state index in [4.69, 9.17) is 28.6 Å². The number of allylic oxidation sites excluding steroid dienone is 1. The number of aromatic nitrogens is 1. The smallest absolute Gasteiger partial charge is 0.269 e. The van der Waals surface area contributed by atoms with E-state index in [1.165, 1.54) is 4.31 Å². The summed E-state index contributed by atoms with van der Waals surface area (Å²) in [6.45, 7) is 1.07. The first-order chi connectivity index (χ1) is 14.8. The molecule has 31 heavy (non-hydrogen) atoms. The van der Waals surface area contributed by atoms with Gasteiger partial charge in [-0.3, -0.25) is 9.78 Å². The van der Waals surface area contributed by atoms with Crippen molar-refractivity contribution in [1.82, 2.24) is 14.2 Å². The van der Waals surface area contributed by atoms with Crippen LogP contribution >= 0.6 is 23.2 Å². The molecule has 0 unspecified atom stereocenters. The molecular formula is C20H21Cl2N5O3S. The number of hydrogen-bond donors (Lipinski definition) is 2. The Hall–Kier alpha value is -2.46. The molecular weight excluding hydrogens is 461 g/mol. The number of anilines is 1. The topological polar surface area (TPSA) is 106 Å². The number of nitrogens with zero attached hydrogens (tertiary/aromatic N) is 3. The predicted molar refractivity (Wildman–Crippen MR) is 122 cm³/mol. The molecule has 2 heterocycles. The summed E-state index contributed by atoms with van der Waals surface area (Å²) in [4.78, 5) is 18.1. The summed E-state index contributed by atoms with van der Waals surface area (Å²) >= 11 is 12.2. The van der Waals surface area contributed by atoms with E-state index in [9.17, 15) is 13.2 Å². The van der Waals surface area contributed by atoms with Crippen LogP contribution in [0.25, 0.3) is 0 Å². The summed E-state index contributed by atoms with van der Waals surface area (Å²) in [5, 5.41) is 10.7. The van der Waals surface area contributed by atoms with Crippen molar-refractivity contribution in [3.63, 3.8) is 0 Å². The second-order valence-electron chi connectivity index (χ2n) is 6.81. The molecule has 1 fully saturated rings. The summed E-state index contributed by atoms with van der Waals surface area (Å²) in [6.07, 6.45) is 4.11. The molecule has 1 saturated heterocycles. The van der Waals surface area contributed by atoms with Crippen molar-refractivity contribution >= 4 is 51.0 Å². The number of carbonyl (C=O) groups is 1. The highest BCUT2D eigenvalue weighted by Crippen LogP contribution is 2.21. The fraction of sp³-hybridized carbons (Fsp3) is 0.250. The molecule has 8 nitrogen and oxygen atoms in total. The fourth-order valence-electron chi connectivity index (χ4n) is 3.15. The number of rotatable bonds is 7. The third-order valence-corrected chi connectivity index (χ3v) is 7.17. The van der Waals surface area contributed by atoms with Crippen LogP contribution in [0.15, 0.2) is 59.5 Å². The van der Waals surface area contributed by atoms with Gasteiger partial charge in [-0.2, -0.15) is 4.31 Å². The lowest BCUT2D eigenvalue weighted by atomic mass is 10.2. The van der Waals surface area contributed by atoms with Crippen LogP contribution in [0.1, 0.15) is 5.56 Å². The fourth-order valence-corrected chi connectivity index (χ4v) is 5.08. The molecule has 0 atom stereocenters. The number of nitrogens with one attached hydrogen (secondary N) is 2. The van der Waals surface area contributed by atoms with Gasteiger partial charge in [0.05, 0.1) is 11.4 Å². The Morgan fingerprint density at radius 2 is 1.84 bits per heavy atom. The molecule has 11 heteroatoms. The Labute approximate surface area is 191 Å². The van der Waals surface area contributed by atoms with E-state index in [-0.39, 0.29) is 29.6 Å². The largest absolute Gasteiger partial charge is 0.366 e. The maximum Gasteiger partial charge on any atom is 0.269 e. The number of halogens is 2. The minimum absolute atomic E-state index is 0.106. The molecule has 164 valence electrons. The number of pyridine rings is 1. The second kappa shape index (κ2) is 10.2. The normalized spacial score (nSPS) is 15.9. The summed E-state index contributed by atoms with van der Waals surface area (Å²) in [6, 6.07) is 9.97. The Morgan fingerprint density at radius 3 is 2.45 bits per heavy atom. The first-order valence-electron chi connectivity index (χ1n) is 9.39. The van der Waals surface area contributed by atoms with Crippen molar-refractivity contribution in [2.24, 2.45) is 0 Å². The van der Waals surface area contributed by atoms with E-state index in [1.807, 2.05) is 0 Å². The molecule has 3 rings (SSSR count). The third-order valence-electron chi connectivity index (χ3n) is 4.71. The second-order valence-corrected chi connectivity index (χ2v) is 9.59. The quantitative estimate of drug-likeness (QED) is 0.466. The van der Waals surface area contributed by atoms with Crippen molar-refractivity contribution in [3.05, 3.63) is 70.1 Å². The van der Waals surface area contributed by atoms with Gasteiger partial charge in [0.2, 0.25) is 10.0 Å². The zero-order valence-corrected chi connectivity index (χ0v) is 18.8. The molecule has 0 radical (unpaired) electrons. The van der Waals surface area contributed by atoms with Crippen molar-refractivity contribution in [2.75, 3.05) is 31.5 Å². The van der Waals surface area contributed by atoms with E-state index >= 15 is 0 Å². The summed E-state index contributed by atoms with van der Waals surface area (Å²) in [7, 11) is -3.49. The zero-order valence-electron chi connectivity index (χ0n) is 16.5. The predicted octanol–water partition coefficient (Wildman–Crippen LogP) is 2.92. The van der Waals surface area contributed by atoms with Gasteiger partial charge in [-0.15, -0.1) is 0 Å². The summed E-state index contributed by atoms with van der Waals surface area (Å²) in [5.41, 5.74) is 1.37. The number of benzene rings is 1. The van der Waals surface area contributed by atoms with Crippen molar-refractivity contribution in [2.45, 2.75) is 5.75 Å². The van der Waals surface area contributed by atoms with Crippen LogP contribution in [0.2, 0.25) is 5.02 Å².